The first kappa shape index (κ1) is 14.5. The van der Waals surface area contributed by atoms with Crippen molar-refractivity contribution in [2.24, 2.45) is 0 Å². The smallest absolute Gasteiger partial charge is 0.126 e. The third-order valence-electron chi connectivity index (χ3n) is 3.95. The molecule has 0 heterocycles. The highest BCUT2D eigenvalue weighted by atomic mass is 79.9. The van der Waals surface area contributed by atoms with E-state index in [4.69, 9.17) is 4.74 Å². The topological polar surface area (TPSA) is 21.3 Å². The van der Waals surface area contributed by atoms with Crippen LogP contribution in [0.15, 0.2) is 40.9 Å². The lowest BCUT2D eigenvalue weighted by molar-refractivity contribution is 0.185. The van der Waals surface area contributed by atoms with Gasteiger partial charge < -0.3 is 10.1 Å². The van der Waals surface area contributed by atoms with Crippen LogP contribution in [0.3, 0.4) is 0 Å². The fourth-order valence-corrected chi connectivity index (χ4v) is 3.41. The van der Waals surface area contributed by atoms with Gasteiger partial charge in [-0.25, -0.2) is 4.39 Å². The second-order valence-corrected chi connectivity index (χ2v) is 6.10. The van der Waals surface area contributed by atoms with E-state index in [1.165, 1.54) is 6.07 Å². The molecule has 0 spiro atoms. The number of hydrogen-bond donors (Lipinski definition) is 1. The van der Waals surface area contributed by atoms with Gasteiger partial charge in [0, 0.05) is 22.8 Å². The fraction of sp³-hybridized carbons (Fsp3) is 0.294. The molecule has 0 aromatic heterocycles. The van der Waals surface area contributed by atoms with E-state index < -0.39 is 0 Å². The summed E-state index contributed by atoms with van der Waals surface area (Å²) < 4.78 is 20.1. The zero-order valence-corrected chi connectivity index (χ0v) is 13.4. The summed E-state index contributed by atoms with van der Waals surface area (Å²) in [6, 6.07) is 11.5. The van der Waals surface area contributed by atoms with Crippen molar-refractivity contribution < 1.29 is 9.13 Å². The first-order valence-electron chi connectivity index (χ1n) is 7.01. The molecule has 1 aliphatic rings. The van der Waals surface area contributed by atoms with Crippen LogP contribution in [0.25, 0.3) is 0 Å². The van der Waals surface area contributed by atoms with Crippen molar-refractivity contribution in [2.45, 2.75) is 25.5 Å². The highest BCUT2D eigenvalue weighted by Crippen LogP contribution is 2.37. The van der Waals surface area contributed by atoms with E-state index in [1.807, 2.05) is 24.3 Å². The van der Waals surface area contributed by atoms with Crippen LogP contribution < -0.4 is 5.32 Å². The van der Waals surface area contributed by atoms with E-state index in [9.17, 15) is 4.39 Å². The highest BCUT2D eigenvalue weighted by Gasteiger charge is 2.25. The van der Waals surface area contributed by atoms with Gasteiger partial charge in [0.2, 0.25) is 0 Å². The summed E-state index contributed by atoms with van der Waals surface area (Å²) in [5.74, 6) is -0.0943. The van der Waals surface area contributed by atoms with Crippen LogP contribution in [0.4, 0.5) is 10.1 Å². The van der Waals surface area contributed by atoms with Gasteiger partial charge in [-0.2, -0.15) is 0 Å². The largest absolute Gasteiger partial charge is 0.380 e. The lowest BCUT2D eigenvalue weighted by atomic mass is 10.1. The molecule has 0 fully saturated rings. The van der Waals surface area contributed by atoms with Gasteiger partial charge in [0.15, 0.2) is 0 Å². The Morgan fingerprint density at radius 3 is 2.90 bits per heavy atom. The average Bonchev–Trinajstić information content (AvgIpc) is 2.87. The van der Waals surface area contributed by atoms with Crippen LogP contribution in [-0.4, -0.2) is 7.11 Å². The van der Waals surface area contributed by atoms with Gasteiger partial charge in [0.1, 0.15) is 5.82 Å². The van der Waals surface area contributed by atoms with Crippen molar-refractivity contribution in [3.8, 4) is 0 Å². The fourth-order valence-electron chi connectivity index (χ4n) is 2.93. The Balaban J connectivity index is 1.90. The lowest BCUT2D eigenvalue weighted by Crippen LogP contribution is -2.09. The molecule has 1 atom stereocenters. The summed E-state index contributed by atoms with van der Waals surface area (Å²) in [5, 5.41) is 3.54. The lowest BCUT2D eigenvalue weighted by Gasteiger charge is -2.19. The van der Waals surface area contributed by atoms with Gasteiger partial charge in [-0.05, 0) is 42.2 Å². The van der Waals surface area contributed by atoms with Crippen LogP contribution in [-0.2, 0) is 17.8 Å². The Labute approximate surface area is 132 Å². The van der Waals surface area contributed by atoms with Crippen LogP contribution in [0, 0.1) is 5.82 Å². The number of anilines is 1. The normalized spacial score (nSPS) is 16.8. The van der Waals surface area contributed by atoms with Gasteiger partial charge in [-0.1, -0.05) is 34.1 Å². The summed E-state index contributed by atoms with van der Waals surface area (Å²) >= 11 is 3.56. The van der Waals surface area contributed by atoms with Crippen LogP contribution in [0.2, 0.25) is 0 Å². The Morgan fingerprint density at radius 1 is 1.29 bits per heavy atom. The second kappa shape index (κ2) is 6.16. The maximum absolute atomic E-state index is 13.8. The average molecular weight is 350 g/mol. The van der Waals surface area contributed by atoms with Crippen LogP contribution in [0.5, 0.6) is 0 Å². The molecule has 1 N–H and O–H groups in total. The summed E-state index contributed by atoms with van der Waals surface area (Å²) in [6.45, 7) is 0.534. The molecule has 2 aromatic rings. The van der Waals surface area contributed by atoms with E-state index in [0.717, 1.165) is 39.7 Å². The summed E-state index contributed by atoms with van der Waals surface area (Å²) in [7, 11) is 1.68. The molecule has 0 saturated heterocycles. The number of nitrogens with one attached hydrogen (secondary N) is 1. The monoisotopic (exact) mass is 349 g/mol. The maximum Gasteiger partial charge on any atom is 0.126 e. The third-order valence-corrected chi connectivity index (χ3v) is 4.69. The zero-order chi connectivity index (χ0) is 14.8. The number of methoxy groups -OCH3 is 1. The number of hydrogen-bond acceptors (Lipinski definition) is 2. The number of rotatable bonds is 4. The van der Waals surface area contributed by atoms with Gasteiger partial charge >= 0.3 is 0 Å². The van der Waals surface area contributed by atoms with Crippen LogP contribution in [0.1, 0.15) is 29.2 Å². The summed E-state index contributed by atoms with van der Waals surface area (Å²) in [5.41, 5.74) is 4.04. The molecular formula is C17H17BrFNO. The van der Waals surface area contributed by atoms with Crippen molar-refractivity contribution in [2.75, 3.05) is 12.4 Å². The molecule has 0 radical (unpaired) electrons. The summed E-state index contributed by atoms with van der Waals surface area (Å²) in [6.07, 6.45) is 1.70. The SMILES string of the molecule is COCc1c(Br)cccc1NC1CCc2c(F)cccc21. The standard InChI is InChI=1S/C17H17BrFNO/c1-21-10-13-14(18)5-3-7-16(13)20-17-9-8-11-12(17)4-2-6-15(11)19/h2-7,17,20H,8-10H2,1H3. The molecule has 0 saturated carbocycles. The van der Waals surface area contributed by atoms with Gasteiger partial charge in [-0.15, -0.1) is 0 Å². The molecule has 4 heteroatoms. The first-order valence-corrected chi connectivity index (χ1v) is 7.80. The predicted octanol–water partition coefficient (Wildman–Crippen LogP) is 4.83. The molecule has 0 bridgehead atoms. The van der Waals surface area contributed by atoms with Crippen LogP contribution >= 0.6 is 15.9 Å². The van der Waals surface area contributed by atoms with E-state index in [2.05, 4.69) is 21.2 Å². The Morgan fingerprint density at radius 2 is 2.10 bits per heavy atom. The van der Waals surface area contributed by atoms with E-state index in [-0.39, 0.29) is 11.9 Å². The number of halogens is 2. The highest BCUT2D eigenvalue weighted by molar-refractivity contribution is 9.10. The second-order valence-electron chi connectivity index (χ2n) is 5.24. The molecule has 2 aromatic carbocycles. The van der Waals surface area contributed by atoms with E-state index in [0.29, 0.717) is 6.61 Å². The van der Waals surface area contributed by atoms with Crippen molar-refractivity contribution in [1.82, 2.24) is 0 Å². The van der Waals surface area contributed by atoms with E-state index >= 15 is 0 Å². The number of benzene rings is 2. The third kappa shape index (κ3) is 2.83. The predicted molar refractivity (Wildman–Crippen MR) is 85.9 cm³/mol. The minimum absolute atomic E-state index is 0.0943. The molecule has 0 amide bonds. The minimum atomic E-state index is -0.0943. The van der Waals surface area contributed by atoms with Crippen molar-refractivity contribution in [3.05, 3.63) is 63.4 Å². The van der Waals surface area contributed by atoms with Crippen molar-refractivity contribution >= 4 is 21.6 Å². The number of ether oxygens (including phenoxy) is 1. The molecule has 110 valence electrons. The van der Waals surface area contributed by atoms with Gasteiger partial charge in [-0.3, -0.25) is 0 Å². The Kier molecular flexibility index (Phi) is 4.27. The quantitative estimate of drug-likeness (QED) is 0.853. The van der Waals surface area contributed by atoms with Gasteiger partial charge in [0.05, 0.1) is 12.6 Å². The number of fused-ring (bicyclic) bond motifs is 1. The molecule has 0 aliphatic heterocycles. The molecule has 2 nitrogen and oxygen atoms in total. The molecule has 21 heavy (non-hydrogen) atoms. The minimum Gasteiger partial charge on any atom is -0.380 e. The molecule has 1 unspecified atom stereocenters. The molecule has 1 aliphatic carbocycles. The van der Waals surface area contributed by atoms with Crippen molar-refractivity contribution in [1.29, 1.82) is 0 Å². The molecule has 3 rings (SSSR count). The first-order chi connectivity index (χ1) is 10.2. The summed E-state index contributed by atoms with van der Waals surface area (Å²) in [4.78, 5) is 0. The van der Waals surface area contributed by atoms with Crippen molar-refractivity contribution in [3.63, 3.8) is 0 Å². The van der Waals surface area contributed by atoms with Gasteiger partial charge in [0.25, 0.3) is 0 Å². The van der Waals surface area contributed by atoms with E-state index in [1.54, 1.807) is 13.2 Å². The Bertz CT molecular complexity index is 659. The maximum atomic E-state index is 13.8. The zero-order valence-electron chi connectivity index (χ0n) is 11.8. The Hall–Kier alpha value is -1.39. The molecular weight excluding hydrogens is 333 g/mol.